The molecule has 0 amide bonds. The van der Waals surface area contributed by atoms with E-state index < -0.39 is 0 Å². The van der Waals surface area contributed by atoms with E-state index in [-0.39, 0.29) is 0 Å². The molecule has 0 nitrogen and oxygen atoms in total. The fraction of sp³-hybridized carbons (Fsp3) is 0.867. The minimum atomic E-state index is 0.571. The van der Waals surface area contributed by atoms with Gasteiger partial charge in [0.05, 0.1) is 0 Å². The number of allylic oxidation sites excluding steroid dienone is 2. The summed E-state index contributed by atoms with van der Waals surface area (Å²) in [6.45, 7) is 9.94. The van der Waals surface area contributed by atoms with Crippen molar-refractivity contribution in [3.8, 4) is 0 Å². The van der Waals surface area contributed by atoms with Gasteiger partial charge in [-0.25, -0.2) is 0 Å². The summed E-state index contributed by atoms with van der Waals surface area (Å²) in [5.74, 6) is 2.86. The molecular formula is C15H24. The third-order valence-corrected chi connectivity index (χ3v) is 6.30. The topological polar surface area (TPSA) is 0 Å². The van der Waals surface area contributed by atoms with Gasteiger partial charge in [-0.2, -0.15) is 0 Å². The van der Waals surface area contributed by atoms with Crippen LogP contribution in [0.25, 0.3) is 0 Å². The molecule has 0 saturated heterocycles. The molecule has 2 saturated carbocycles. The second-order valence-corrected chi connectivity index (χ2v) is 6.99. The second-order valence-electron chi connectivity index (χ2n) is 6.99. The molecule has 0 unspecified atom stereocenters. The molecule has 0 heterocycles. The van der Waals surface area contributed by atoms with Crippen LogP contribution in [0.5, 0.6) is 0 Å². The lowest BCUT2D eigenvalue weighted by Crippen LogP contribution is -2.30. The largest absolute Gasteiger partial charge is 0.0847 e. The fourth-order valence-corrected chi connectivity index (χ4v) is 5.35. The molecule has 0 aliphatic heterocycles. The number of fused-ring (bicyclic) bond motifs is 1. The first-order chi connectivity index (χ1) is 6.98. The van der Waals surface area contributed by atoms with Gasteiger partial charge in [-0.1, -0.05) is 32.4 Å². The first-order valence-electron chi connectivity index (χ1n) is 6.65. The molecule has 0 aromatic heterocycles. The minimum Gasteiger partial charge on any atom is -0.0847 e. The highest BCUT2D eigenvalue weighted by atomic mass is 14.7. The van der Waals surface area contributed by atoms with Gasteiger partial charge in [0.2, 0.25) is 0 Å². The van der Waals surface area contributed by atoms with E-state index in [4.69, 9.17) is 0 Å². The van der Waals surface area contributed by atoms with Crippen LogP contribution in [0.1, 0.15) is 53.4 Å². The van der Waals surface area contributed by atoms with Crippen LogP contribution in [0.15, 0.2) is 11.6 Å². The van der Waals surface area contributed by atoms with Crippen molar-refractivity contribution in [1.82, 2.24) is 0 Å². The Kier molecular flexibility index (Phi) is 1.79. The standard InChI is InChI=1S/C15H24/c1-10-7-8-15-9-12(10)14(3,4)13(15)6-5-11(15)2/h7,11-13H,5-6,8-9H2,1-4H3/t11-,12+,13-,15-/m1/s1. The Morgan fingerprint density at radius 1 is 1.27 bits per heavy atom. The maximum atomic E-state index is 2.57. The van der Waals surface area contributed by atoms with Gasteiger partial charge >= 0.3 is 0 Å². The lowest BCUT2D eigenvalue weighted by Gasteiger charge is -2.36. The maximum Gasteiger partial charge on any atom is -0.0146 e. The van der Waals surface area contributed by atoms with Gasteiger partial charge in [-0.05, 0) is 61.2 Å². The molecule has 2 bridgehead atoms. The van der Waals surface area contributed by atoms with Crippen molar-refractivity contribution in [3.63, 3.8) is 0 Å². The highest BCUT2D eigenvalue weighted by Gasteiger charge is 2.62. The monoisotopic (exact) mass is 204 g/mol. The average molecular weight is 204 g/mol. The van der Waals surface area contributed by atoms with E-state index in [0.29, 0.717) is 10.8 Å². The van der Waals surface area contributed by atoms with Crippen LogP contribution in [0.3, 0.4) is 0 Å². The third-order valence-electron chi connectivity index (χ3n) is 6.30. The Balaban J connectivity index is 2.11. The average Bonchev–Trinajstić information content (AvgIpc) is 2.57. The fourth-order valence-electron chi connectivity index (χ4n) is 5.35. The first kappa shape index (κ1) is 9.93. The van der Waals surface area contributed by atoms with Gasteiger partial charge < -0.3 is 0 Å². The molecule has 1 spiro atoms. The lowest BCUT2D eigenvalue weighted by molar-refractivity contribution is 0.128. The van der Waals surface area contributed by atoms with Crippen LogP contribution in [-0.2, 0) is 0 Å². The van der Waals surface area contributed by atoms with Crippen molar-refractivity contribution in [2.75, 3.05) is 0 Å². The van der Waals surface area contributed by atoms with Gasteiger partial charge in [-0.15, -0.1) is 0 Å². The molecule has 4 atom stereocenters. The molecule has 2 fully saturated rings. The van der Waals surface area contributed by atoms with Gasteiger partial charge in [0.25, 0.3) is 0 Å². The van der Waals surface area contributed by atoms with Crippen molar-refractivity contribution in [2.24, 2.45) is 28.6 Å². The lowest BCUT2D eigenvalue weighted by atomic mass is 9.68. The van der Waals surface area contributed by atoms with Crippen molar-refractivity contribution >= 4 is 0 Å². The van der Waals surface area contributed by atoms with E-state index >= 15 is 0 Å². The molecule has 15 heavy (non-hydrogen) atoms. The smallest absolute Gasteiger partial charge is 0.0146 e. The van der Waals surface area contributed by atoms with E-state index in [2.05, 4.69) is 33.8 Å². The predicted octanol–water partition coefficient (Wildman–Crippen LogP) is 4.42. The molecular weight excluding hydrogens is 180 g/mol. The zero-order valence-corrected chi connectivity index (χ0v) is 10.6. The highest BCUT2D eigenvalue weighted by molar-refractivity contribution is 5.25. The van der Waals surface area contributed by atoms with E-state index in [0.717, 1.165) is 17.8 Å². The Morgan fingerprint density at radius 2 is 2.00 bits per heavy atom. The van der Waals surface area contributed by atoms with Crippen LogP contribution in [0.4, 0.5) is 0 Å². The summed E-state index contributed by atoms with van der Waals surface area (Å²) in [6.07, 6.45) is 8.41. The quantitative estimate of drug-likeness (QED) is 0.513. The van der Waals surface area contributed by atoms with Gasteiger partial charge in [-0.3, -0.25) is 0 Å². The zero-order chi connectivity index (χ0) is 10.8. The van der Waals surface area contributed by atoms with Crippen LogP contribution < -0.4 is 0 Å². The van der Waals surface area contributed by atoms with Gasteiger partial charge in [0.1, 0.15) is 0 Å². The number of hydrogen-bond acceptors (Lipinski definition) is 0. The summed E-state index contributed by atoms with van der Waals surface area (Å²) in [5.41, 5.74) is 2.96. The minimum absolute atomic E-state index is 0.571. The van der Waals surface area contributed by atoms with E-state index in [1.165, 1.54) is 25.7 Å². The van der Waals surface area contributed by atoms with Crippen LogP contribution >= 0.6 is 0 Å². The molecule has 0 aromatic carbocycles. The molecule has 3 aliphatic carbocycles. The summed E-state index contributed by atoms with van der Waals surface area (Å²) in [7, 11) is 0. The molecule has 0 heteroatoms. The number of hydrogen-bond donors (Lipinski definition) is 0. The predicted molar refractivity (Wildman–Crippen MR) is 64.6 cm³/mol. The van der Waals surface area contributed by atoms with Gasteiger partial charge in [0, 0.05) is 0 Å². The third kappa shape index (κ3) is 0.990. The normalized spacial score (nSPS) is 51.5. The molecule has 84 valence electrons. The Morgan fingerprint density at radius 3 is 2.73 bits per heavy atom. The van der Waals surface area contributed by atoms with Crippen molar-refractivity contribution in [3.05, 3.63) is 11.6 Å². The molecule has 0 radical (unpaired) electrons. The zero-order valence-electron chi connectivity index (χ0n) is 10.6. The van der Waals surface area contributed by atoms with Crippen LogP contribution in [-0.4, -0.2) is 0 Å². The van der Waals surface area contributed by atoms with Gasteiger partial charge in [0.15, 0.2) is 0 Å². The summed E-state index contributed by atoms with van der Waals surface area (Å²) in [4.78, 5) is 0. The summed E-state index contributed by atoms with van der Waals surface area (Å²) < 4.78 is 0. The molecule has 3 rings (SSSR count). The summed E-state index contributed by atoms with van der Waals surface area (Å²) >= 11 is 0. The van der Waals surface area contributed by atoms with E-state index in [1.54, 1.807) is 5.57 Å². The van der Waals surface area contributed by atoms with Crippen LogP contribution in [0.2, 0.25) is 0 Å². The SMILES string of the molecule is CC1=CC[C@]23C[C@@H]1C(C)(C)[C@H]2CC[C@H]3C. The van der Waals surface area contributed by atoms with Crippen molar-refractivity contribution in [1.29, 1.82) is 0 Å². The molecule has 0 N–H and O–H groups in total. The van der Waals surface area contributed by atoms with Crippen molar-refractivity contribution in [2.45, 2.75) is 53.4 Å². The highest BCUT2D eigenvalue weighted by Crippen LogP contribution is 2.71. The summed E-state index contributed by atoms with van der Waals surface area (Å²) in [6, 6.07) is 0. The van der Waals surface area contributed by atoms with Crippen LogP contribution in [0, 0.1) is 28.6 Å². The van der Waals surface area contributed by atoms with E-state index in [1.807, 2.05) is 0 Å². The molecule has 3 aliphatic rings. The maximum absolute atomic E-state index is 2.57. The number of rotatable bonds is 0. The Hall–Kier alpha value is -0.260. The van der Waals surface area contributed by atoms with E-state index in [9.17, 15) is 0 Å². The molecule has 0 aromatic rings. The Bertz CT molecular complexity index is 323. The first-order valence-corrected chi connectivity index (χ1v) is 6.65. The van der Waals surface area contributed by atoms with Crippen molar-refractivity contribution < 1.29 is 0 Å². The second kappa shape index (κ2) is 2.70. The Labute approximate surface area is 94.1 Å². The summed E-state index contributed by atoms with van der Waals surface area (Å²) in [5, 5.41) is 0.